The monoisotopic (exact) mass is 317 g/mol. The molecule has 6 nitrogen and oxygen atoms in total. The minimum absolute atomic E-state index is 0.183. The quantitative estimate of drug-likeness (QED) is 0.668. The van der Waals surface area contributed by atoms with Crippen molar-refractivity contribution in [2.75, 3.05) is 40.4 Å². The first-order valence-electron chi connectivity index (χ1n) is 7.09. The third kappa shape index (κ3) is 5.53. The smallest absolute Gasteiger partial charge is 0.240 e. The zero-order chi connectivity index (χ0) is 15.9. The molecule has 0 bridgehead atoms. The van der Waals surface area contributed by atoms with Gasteiger partial charge in [-0.15, -0.1) is 0 Å². The van der Waals surface area contributed by atoms with Crippen LogP contribution in [0, 0.1) is 0 Å². The highest BCUT2D eigenvalue weighted by molar-refractivity contribution is 7.89. The molecular weight excluding hydrogens is 292 g/mol. The Hall–Kier alpha value is -1.31. The van der Waals surface area contributed by atoms with Gasteiger partial charge in [0.15, 0.2) is 11.5 Å². The summed E-state index contributed by atoms with van der Waals surface area (Å²) in [5, 5.41) is 0. The number of rotatable bonds is 9. The van der Waals surface area contributed by atoms with E-state index in [1.807, 2.05) is 27.9 Å². The molecule has 0 fully saturated rings. The number of sulfonamides is 1. The maximum atomic E-state index is 12.2. The molecule has 0 radical (unpaired) electrons. The van der Waals surface area contributed by atoms with Crippen LogP contribution in [0.1, 0.15) is 13.8 Å². The lowest BCUT2D eigenvalue weighted by atomic mass is 10.3. The van der Waals surface area contributed by atoms with Crippen molar-refractivity contribution in [3.05, 3.63) is 18.2 Å². The summed E-state index contributed by atoms with van der Waals surface area (Å²) < 4.78 is 37.9. The van der Waals surface area contributed by atoms with Crippen molar-refractivity contribution in [2.45, 2.75) is 18.7 Å². The predicted molar refractivity (Wildman–Crippen MR) is 81.6 cm³/mol. The molecule has 0 aliphatic carbocycles. The van der Waals surface area contributed by atoms with Crippen LogP contribution in [0.4, 0.5) is 0 Å². The van der Waals surface area contributed by atoms with Gasteiger partial charge in [-0.2, -0.15) is 0 Å². The second-order valence-corrected chi connectivity index (χ2v) is 6.60. The molecule has 120 valence electrons. The molecule has 1 aromatic rings. The standard InChI is InChI=1S/C14H24N2O4S/c1-5-19-13-8-7-12(11-14(13)20-6-2)21(17,18)15-9-10-16(3)4/h7-8,11,15H,5-6,9-10H2,1-4H3/p+1. The van der Waals surface area contributed by atoms with Gasteiger partial charge >= 0.3 is 0 Å². The van der Waals surface area contributed by atoms with Crippen LogP contribution in [-0.4, -0.2) is 48.8 Å². The Balaban J connectivity index is 2.93. The van der Waals surface area contributed by atoms with E-state index in [0.717, 1.165) is 0 Å². The third-order valence-corrected chi connectivity index (χ3v) is 4.20. The molecular formula is C14H25N2O4S+. The molecule has 21 heavy (non-hydrogen) atoms. The summed E-state index contributed by atoms with van der Waals surface area (Å²) in [5.74, 6) is 0.997. The molecule has 0 saturated heterocycles. The highest BCUT2D eigenvalue weighted by atomic mass is 32.2. The summed E-state index contributed by atoms with van der Waals surface area (Å²) in [6.45, 7) is 5.76. The van der Waals surface area contributed by atoms with Gasteiger partial charge in [-0.25, -0.2) is 13.1 Å². The molecule has 0 heterocycles. The Morgan fingerprint density at radius 3 is 2.29 bits per heavy atom. The van der Waals surface area contributed by atoms with Gasteiger partial charge in [-0.05, 0) is 26.0 Å². The van der Waals surface area contributed by atoms with E-state index in [1.54, 1.807) is 6.07 Å². The SMILES string of the molecule is CCOc1ccc(S(=O)(=O)NCC[NH+](C)C)cc1OCC. The largest absolute Gasteiger partial charge is 0.490 e. The normalized spacial score (nSPS) is 11.7. The minimum Gasteiger partial charge on any atom is -0.490 e. The number of benzene rings is 1. The van der Waals surface area contributed by atoms with E-state index in [9.17, 15) is 8.42 Å². The van der Waals surface area contributed by atoms with Crippen molar-refractivity contribution in [1.82, 2.24) is 4.72 Å². The first kappa shape index (κ1) is 17.7. The van der Waals surface area contributed by atoms with Crippen molar-refractivity contribution < 1.29 is 22.8 Å². The van der Waals surface area contributed by atoms with Crippen LogP contribution in [0.25, 0.3) is 0 Å². The van der Waals surface area contributed by atoms with Gasteiger partial charge in [0.2, 0.25) is 10.0 Å². The zero-order valence-electron chi connectivity index (χ0n) is 13.1. The number of hydrogen-bond acceptors (Lipinski definition) is 4. The van der Waals surface area contributed by atoms with E-state index in [2.05, 4.69) is 4.72 Å². The van der Waals surface area contributed by atoms with E-state index >= 15 is 0 Å². The van der Waals surface area contributed by atoms with E-state index in [1.165, 1.54) is 17.0 Å². The van der Waals surface area contributed by atoms with E-state index in [-0.39, 0.29) is 4.90 Å². The lowest BCUT2D eigenvalue weighted by molar-refractivity contribution is -0.856. The third-order valence-electron chi connectivity index (χ3n) is 2.74. The Kier molecular flexibility index (Phi) is 6.94. The molecule has 0 spiro atoms. The van der Waals surface area contributed by atoms with Crippen LogP contribution >= 0.6 is 0 Å². The number of ether oxygens (including phenoxy) is 2. The van der Waals surface area contributed by atoms with Gasteiger partial charge < -0.3 is 14.4 Å². The van der Waals surface area contributed by atoms with Crippen LogP contribution < -0.4 is 19.1 Å². The topological polar surface area (TPSA) is 69.1 Å². The molecule has 1 aromatic carbocycles. The fourth-order valence-corrected chi connectivity index (χ4v) is 2.76. The van der Waals surface area contributed by atoms with Gasteiger partial charge in [0.05, 0.1) is 45.3 Å². The Labute approximate surface area is 127 Å². The first-order valence-corrected chi connectivity index (χ1v) is 8.57. The van der Waals surface area contributed by atoms with Gasteiger partial charge in [0, 0.05) is 6.07 Å². The Bertz CT molecular complexity index is 544. The average molecular weight is 317 g/mol. The van der Waals surface area contributed by atoms with Crippen LogP contribution in [0.2, 0.25) is 0 Å². The molecule has 0 aliphatic rings. The van der Waals surface area contributed by atoms with Crippen LogP contribution in [0.15, 0.2) is 23.1 Å². The van der Waals surface area contributed by atoms with Crippen molar-refractivity contribution >= 4 is 10.0 Å². The van der Waals surface area contributed by atoms with E-state index in [4.69, 9.17) is 9.47 Å². The van der Waals surface area contributed by atoms with Crippen LogP contribution in [0.5, 0.6) is 11.5 Å². The number of quaternary nitrogens is 1. The van der Waals surface area contributed by atoms with Crippen molar-refractivity contribution in [1.29, 1.82) is 0 Å². The number of hydrogen-bond donors (Lipinski definition) is 2. The fourth-order valence-electron chi connectivity index (χ4n) is 1.72. The van der Waals surface area contributed by atoms with Gasteiger partial charge in [0.25, 0.3) is 0 Å². The zero-order valence-corrected chi connectivity index (χ0v) is 13.9. The molecule has 7 heteroatoms. The molecule has 1 rings (SSSR count). The predicted octanol–water partition coefficient (Wildman–Crippen LogP) is -0.0932. The van der Waals surface area contributed by atoms with Crippen molar-refractivity contribution in [3.63, 3.8) is 0 Å². The molecule has 0 aliphatic heterocycles. The Morgan fingerprint density at radius 1 is 1.10 bits per heavy atom. The van der Waals surface area contributed by atoms with Crippen molar-refractivity contribution in [2.24, 2.45) is 0 Å². The molecule has 0 aromatic heterocycles. The van der Waals surface area contributed by atoms with Gasteiger partial charge in [-0.1, -0.05) is 0 Å². The lowest BCUT2D eigenvalue weighted by Crippen LogP contribution is -3.06. The van der Waals surface area contributed by atoms with Gasteiger partial charge in [0.1, 0.15) is 0 Å². The summed E-state index contributed by atoms with van der Waals surface area (Å²) >= 11 is 0. The molecule has 0 atom stereocenters. The van der Waals surface area contributed by atoms with E-state index < -0.39 is 10.0 Å². The molecule has 0 unspecified atom stereocenters. The van der Waals surface area contributed by atoms with E-state index in [0.29, 0.717) is 37.8 Å². The summed E-state index contributed by atoms with van der Waals surface area (Å²) in [6, 6.07) is 4.65. The lowest BCUT2D eigenvalue weighted by Gasteiger charge is -2.13. The maximum Gasteiger partial charge on any atom is 0.240 e. The highest BCUT2D eigenvalue weighted by Gasteiger charge is 2.17. The first-order chi connectivity index (χ1) is 9.90. The summed E-state index contributed by atoms with van der Waals surface area (Å²) in [5.41, 5.74) is 0. The molecule has 2 N–H and O–H groups in total. The minimum atomic E-state index is -3.53. The van der Waals surface area contributed by atoms with Crippen molar-refractivity contribution in [3.8, 4) is 11.5 Å². The second-order valence-electron chi connectivity index (χ2n) is 4.83. The van der Waals surface area contributed by atoms with Crippen LogP contribution in [0.3, 0.4) is 0 Å². The summed E-state index contributed by atoms with van der Waals surface area (Å²) in [4.78, 5) is 1.36. The van der Waals surface area contributed by atoms with Crippen LogP contribution in [-0.2, 0) is 10.0 Å². The number of likely N-dealkylation sites (N-methyl/N-ethyl adjacent to an activating group) is 1. The second kappa shape index (κ2) is 8.21. The summed E-state index contributed by atoms with van der Waals surface area (Å²) in [6.07, 6.45) is 0. The number of nitrogens with one attached hydrogen (secondary N) is 2. The summed E-state index contributed by atoms with van der Waals surface area (Å²) in [7, 11) is 0.414. The fraction of sp³-hybridized carbons (Fsp3) is 0.571. The molecule has 0 amide bonds. The highest BCUT2D eigenvalue weighted by Crippen LogP contribution is 2.30. The molecule has 0 saturated carbocycles. The average Bonchev–Trinajstić information content (AvgIpc) is 2.40. The Morgan fingerprint density at radius 2 is 1.71 bits per heavy atom. The maximum absolute atomic E-state index is 12.2. The van der Waals surface area contributed by atoms with Gasteiger partial charge in [-0.3, -0.25) is 0 Å².